The lowest BCUT2D eigenvalue weighted by Gasteiger charge is -2.23. The third kappa shape index (κ3) is 5.72. The number of pyridine rings is 1. The second kappa shape index (κ2) is 9.76. The van der Waals surface area contributed by atoms with Gasteiger partial charge in [-0.25, -0.2) is 4.98 Å². The molecule has 5 nitrogen and oxygen atoms in total. The van der Waals surface area contributed by atoms with Gasteiger partial charge in [-0.2, -0.15) is 0 Å². The van der Waals surface area contributed by atoms with Crippen molar-refractivity contribution in [1.29, 1.82) is 0 Å². The van der Waals surface area contributed by atoms with E-state index >= 15 is 0 Å². The largest absolute Gasteiger partial charge is 0.484 e. The number of hydrogen-bond donors (Lipinski definition) is 1. The number of benzene rings is 2. The molecule has 0 fully saturated rings. The van der Waals surface area contributed by atoms with Crippen molar-refractivity contribution in [3.8, 4) is 5.75 Å². The molecule has 0 aliphatic heterocycles. The second-order valence-electron chi connectivity index (χ2n) is 6.19. The van der Waals surface area contributed by atoms with E-state index in [0.29, 0.717) is 16.6 Å². The molecule has 0 saturated carbocycles. The van der Waals surface area contributed by atoms with Crippen LogP contribution in [0.3, 0.4) is 0 Å². The Morgan fingerprint density at radius 3 is 2.46 bits per heavy atom. The van der Waals surface area contributed by atoms with Crippen LogP contribution in [0.15, 0.2) is 72.9 Å². The summed E-state index contributed by atoms with van der Waals surface area (Å²) in [5.41, 5.74) is 2.24. The smallest absolute Gasteiger partial charge is 0.263 e. The van der Waals surface area contributed by atoms with E-state index in [-0.39, 0.29) is 12.5 Å². The van der Waals surface area contributed by atoms with E-state index in [1.54, 1.807) is 36.5 Å². The molecule has 3 aromatic rings. The van der Waals surface area contributed by atoms with E-state index in [4.69, 9.17) is 16.3 Å². The quantitative estimate of drug-likeness (QED) is 0.596. The summed E-state index contributed by atoms with van der Waals surface area (Å²) < 4.78 is 5.43. The molecule has 0 aliphatic rings. The molecule has 3 rings (SSSR count). The van der Waals surface area contributed by atoms with Gasteiger partial charge in [0, 0.05) is 18.1 Å². The lowest BCUT2D eigenvalue weighted by Crippen LogP contribution is -2.23. The van der Waals surface area contributed by atoms with Crippen LogP contribution < -0.4 is 15.0 Å². The lowest BCUT2D eigenvalue weighted by atomic mass is 10.2. The Kier molecular flexibility index (Phi) is 6.87. The molecular formula is C22H22ClN3O2. The maximum absolute atomic E-state index is 12.1. The standard InChI is InChI=1S/C22H22ClN3O2/c1-2-26(15-17-6-4-3-5-7-17)19-10-13-21(24-14-19)25-22(27)16-28-20-11-8-18(23)9-12-20/h3-14H,2,15-16H2,1H3,(H,24,25,27). The molecule has 1 heterocycles. The fraction of sp³-hybridized carbons (Fsp3) is 0.182. The van der Waals surface area contributed by atoms with Crippen LogP contribution in [0.5, 0.6) is 5.75 Å². The molecule has 0 bridgehead atoms. The average molecular weight is 396 g/mol. The summed E-state index contributed by atoms with van der Waals surface area (Å²) in [4.78, 5) is 18.6. The van der Waals surface area contributed by atoms with Gasteiger partial charge in [-0.3, -0.25) is 4.79 Å². The van der Waals surface area contributed by atoms with Gasteiger partial charge in [0.15, 0.2) is 6.61 Å². The molecule has 0 aliphatic carbocycles. The van der Waals surface area contributed by atoms with Crippen molar-refractivity contribution in [2.45, 2.75) is 13.5 Å². The van der Waals surface area contributed by atoms with Crippen LogP contribution >= 0.6 is 11.6 Å². The molecule has 1 N–H and O–H groups in total. The number of amides is 1. The van der Waals surface area contributed by atoms with E-state index < -0.39 is 0 Å². The number of halogens is 1. The van der Waals surface area contributed by atoms with Crippen LogP contribution in [0.4, 0.5) is 11.5 Å². The van der Waals surface area contributed by atoms with Crippen LogP contribution in [0.2, 0.25) is 5.02 Å². The average Bonchev–Trinajstić information content (AvgIpc) is 2.73. The molecule has 0 radical (unpaired) electrons. The number of carbonyl (C=O) groups is 1. The third-order valence-electron chi connectivity index (χ3n) is 4.16. The number of nitrogens with one attached hydrogen (secondary N) is 1. The van der Waals surface area contributed by atoms with Gasteiger partial charge in [-0.15, -0.1) is 0 Å². The highest BCUT2D eigenvalue weighted by Gasteiger charge is 2.08. The van der Waals surface area contributed by atoms with Gasteiger partial charge in [0.25, 0.3) is 5.91 Å². The van der Waals surface area contributed by atoms with Crippen molar-refractivity contribution < 1.29 is 9.53 Å². The first-order valence-corrected chi connectivity index (χ1v) is 9.45. The molecule has 2 aromatic carbocycles. The summed E-state index contributed by atoms with van der Waals surface area (Å²) in [5.74, 6) is 0.804. The molecule has 28 heavy (non-hydrogen) atoms. The Labute approximate surface area is 169 Å². The summed E-state index contributed by atoms with van der Waals surface area (Å²) in [7, 11) is 0. The predicted molar refractivity (Wildman–Crippen MR) is 113 cm³/mol. The second-order valence-corrected chi connectivity index (χ2v) is 6.63. The molecule has 1 aromatic heterocycles. The van der Waals surface area contributed by atoms with Gasteiger partial charge in [0.1, 0.15) is 11.6 Å². The molecule has 0 spiro atoms. The zero-order valence-corrected chi connectivity index (χ0v) is 16.4. The van der Waals surface area contributed by atoms with E-state index in [1.165, 1.54) is 5.56 Å². The maximum atomic E-state index is 12.1. The number of rotatable bonds is 8. The number of aromatic nitrogens is 1. The van der Waals surface area contributed by atoms with Crippen molar-refractivity contribution in [2.24, 2.45) is 0 Å². The van der Waals surface area contributed by atoms with Gasteiger partial charge in [0.2, 0.25) is 0 Å². The normalized spacial score (nSPS) is 10.4. The minimum absolute atomic E-state index is 0.0971. The van der Waals surface area contributed by atoms with E-state index in [9.17, 15) is 4.79 Å². The van der Waals surface area contributed by atoms with E-state index in [2.05, 4.69) is 34.3 Å². The van der Waals surface area contributed by atoms with Crippen molar-refractivity contribution in [3.05, 3.63) is 83.5 Å². The zero-order valence-electron chi connectivity index (χ0n) is 15.6. The number of nitrogens with zero attached hydrogens (tertiary/aromatic N) is 2. The topological polar surface area (TPSA) is 54.5 Å². The Hall–Kier alpha value is -3.05. The van der Waals surface area contributed by atoms with Gasteiger partial charge in [-0.1, -0.05) is 41.9 Å². The van der Waals surface area contributed by atoms with Crippen LogP contribution in [-0.4, -0.2) is 24.0 Å². The highest BCUT2D eigenvalue weighted by molar-refractivity contribution is 6.30. The monoisotopic (exact) mass is 395 g/mol. The van der Waals surface area contributed by atoms with Crippen LogP contribution in [0.25, 0.3) is 0 Å². The summed E-state index contributed by atoms with van der Waals surface area (Å²) in [6.07, 6.45) is 1.77. The molecular weight excluding hydrogens is 374 g/mol. The van der Waals surface area contributed by atoms with Crippen molar-refractivity contribution in [3.63, 3.8) is 0 Å². The Bertz CT molecular complexity index is 884. The fourth-order valence-corrected chi connectivity index (χ4v) is 2.82. The molecule has 144 valence electrons. The van der Waals surface area contributed by atoms with E-state index in [0.717, 1.165) is 18.8 Å². The predicted octanol–water partition coefficient (Wildman–Crippen LogP) is 4.78. The van der Waals surface area contributed by atoms with Crippen molar-refractivity contribution >= 4 is 29.0 Å². The van der Waals surface area contributed by atoms with Crippen LogP contribution in [0.1, 0.15) is 12.5 Å². The van der Waals surface area contributed by atoms with Gasteiger partial charge in [-0.05, 0) is 48.9 Å². The summed E-state index contributed by atoms with van der Waals surface area (Å²) in [5, 5.41) is 3.36. The van der Waals surface area contributed by atoms with Gasteiger partial charge in [0.05, 0.1) is 11.9 Å². The van der Waals surface area contributed by atoms with Crippen molar-refractivity contribution in [2.75, 3.05) is 23.4 Å². The molecule has 1 amide bonds. The number of anilines is 2. The lowest BCUT2D eigenvalue weighted by molar-refractivity contribution is -0.118. The minimum Gasteiger partial charge on any atom is -0.484 e. The van der Waals surface area contributed by atoms with Gasteiger partial charge < -0.3 is 15.0 Å². The number of carbonyl (C=O) groups excluding carboxylic acids is 1. The Morgan fingerprint density at radius 2 is 1.82 bits per heavy atom. The molecule has 6 heteroatoms. The third-order valence-corrected chi connectivity index (χ3v) is 4.41. The van der Waals surface area contributed by atoms with Crippen LogP contribution in [-0.2, 0) is 11.3 Å². The number of ether oxygens (including phenoxy) is 1. The maximum Gasteiger partial charge on any atom is 0.263 e. The first-order valence-electron chi connectivity index (χ1n) is 9.07. The fourth-order valence-electron chi connectivity index (χ4n) is 2.70. The highest BCUT2D eigenvalue weighted by Crippen LogP contribution is 2.18. The first-order chi connectivity index (χ1) is 13.6. The molecule has 0 unspecified atom stereocenters. The highest BCUT2D eigenvalue weighted by atomic mass is 35.5. The Balaban J connectivity index is 1.54. The van der Waals surface area contributed by atoms with E-state index in [1.807, 2.05) is 24.3 Å². The summed E-state index contributed by atoms with van der Waals surface area (Å²) in [6.45, 7) is 3.67. The van der Waals surface area contributed by atoms with Gasteiger partial charge >= 0.3 is 0 Å². The number of hydrogen-bond acceptors (Lipinski definition) is 4. The summed E-state index contributed by atoms with van der Waals surface area (Å²) in [6, 6.07) is 20.9. The molecule has 0 saturated heterocycles. The zero-order chi connectivity index (χ0) is 19.8. The first kappa shape index (κ1) is 19.7. The minimum atomic E-state index is -0.271. The Morgan fingerprint density at radius 1 is 1.07 bits per heavy atom. The molecule has 0 atom stereocenters. The summed E-state index contributed by atoms with van der Waals surface area (Å²) >= 11 is 5.83. The van der Waals surface area contributed by atoms with Crippen LogP contribution in [0, 0.1) is 0 Å². The van der Waals surface area contributed by atoms with Crippen molar-refractivity contribution in [1.82, 2.24) is 4.98 Å². The SMILES string of the molecule is CCN(Cc1ccccc1)c1ccc(NC(=O)COc2ccc(Cl)cc2)nc1.